The maximum atomic E-state index is 13.8. The minimum atomic E-state index is -0.914. The molecule has 0 atom stereocenters. The van der Waals surface area contributed by atoms with Gasteiger partial charge in [0.15, 0.2) is 11.5 Å². The molecule has 2 N–H and O–H groups in total. The van der Waals surface area contributed by atoms with Crippen molar-refractivity contribution in [2.75, 3.05) is 12.4 Å². The minimum absolute atomic E-state index is 0.0151. The fourth-order valence-electron chi connectivity index (χ4n) is 2.76. The predicted molar refractivity (Wildman–Crippen MR) is 127 cm³/mol. The molecule has 0 saturated heterocycles. The number of amides is 2. The first-order valence-electron chi connectivity index (χ1n) is 9.82. The summed E-state index contributed by atoms with van der Waals surface area (Å²) in [7, 11) is 1.47. The van der Waals surface area contributed by atoms with Crippen molar-refractivity contribution in [2.45, 2.75) is 13.5 Å². The Balaban J connectivity index is 1.62. The Hall–Kier alpha value is -3.72. The zero-order chi connectivity index (χ0) is 23.8. The van der Waals surface area contributed by atoms with Crippen LogP contribution in [0.5, 0.6) is 11.5 Å². The van der Waals surface area contributed by atoms with Gasteiger partial charge in [0.2, 0.25) is 0 Å². The highest BCUT2D eigenvalue weighted by atomic mass is 79.9. The third kappa shape index (κ3) is 6.63. The lowest BCUT2D eigenvalue weighted by Gasteiger charge is -2.14. The van der Waals surface area contributed by atoms with Gasteiger partial charge in [-0.1, -0.05) is 35.9 Å². The maximum absolute atomic E-state index is 13.8. The van der Waals surface area contributed by atoms with Gasteiger partial charge in [0.25, 0.3) is 0 Å². The van der Waals surface area contributed by atoms with Gasteiger partial charge in [-0.25, -0.2) is 9.82 Å². The average molecular weight is 514 g/mol. The maximum Gasteiger partial charge on any atom is 0.329 e. The molecule has 0 spiro atoms. The number of carbonyl (C=O) groups excluding carboxylic acids is 2. The van der Waals surface area contributed by atoms with Gasteiger partial charge in [-0.3, -0.25) is 9.59 Å². The molecule has 3 aromatic carbocycles. The molecule has 0 aliphatic heterocycles. The molecule has 9 heteroatoms. The fraction of sp³-hybridized carbons (Fsp3) is 0.125. The quantitative estimate of drug-likeness (QED) is 0.275. The van der Waals surface area contributed by atoms with E-state index in [1.165, 1.54) is 19.4 Å². The number of rotatable bonds is 7. The molecular weight excluding hydrogens is 493 g/mol. The highest BCUT2D eigenvalue weighted by Crippen LogP contribution is 2.37. The molecule has 0 saturated carbocycles. The lowest BCUT2D eigenvalue weighted by molar-refractivity contribution is -0.136. The normalized spacial score (nSPS) is 10.7. The van der Waals surface area contributed by atoms with Gasteiger partial charge in [-0.05, 0) is 58.7 Å². The zero-order valence-electron chi connectivity index (χ0n) is 17.9. The van der Waals surface area contributed by atoms with Crippen LogP contribution < -0.4 is 20.2 Å². The third-order valence-corrected chi connectivity index (χ3v) is 5.07. The van der Waals surface area contributed by atoms with Crippen molar-refractivity contribution in [2.24, 2.45) is 5.10 Å². The van der Waals surface area contributed by atoms with Gasteiger partial charge in [-0.15, -0.1) is 0 Å². The van der Waals surface area contributed by atoms with Gasteiger partial charge < -0.3 is 14.8 Å². The predicted octanol–water partition coefficient (Wildman–Crippen LogP) is 4.57. The van der Waals surface area contributed by atoms with Crippen LogP contribution in [0.25, 0.3) is 0 Å². The summed E-state index contributed by atoms with van der Waals surface area (Å²) in [4.78, 5) is 24.0. The second kappa shape index (κ2) is 11.2. The average Bonchev–Trinajstić information content (AvgIpc) is 2.80. The lowest BCUT2D eigenvalue weighted by Crippen LogP contribution is -2.32. The largest absolute Gasteiger partial charge is 0.493 e. The summed E-state index contributed by atoms with van der Waals surface area (Å²) in [6.07, 6.45) is 1.35. The summed E-state index contributed by atoms with van der Waals surface area (Å²) in [5, 5.41) is 6.31. The second-order valence-corrected chi connectivity index (χ2v) is 7.79. The number of halogens is 2. The van der Waals surface area contributed by atoms with E-state index in [2.05, 4.69) is 31.8 Å². The smallest absolute Gasteiger partial charge is 0.329 e. The van der Waals surface area contributed by atoms with Crippen LogP contribution in [-0.2, 0) is 16.2 Å². The second-order valence-electron chi connectivity index (χ2n) is 6.93. The number of nitrogens with one attached hydrogen (secondary N) is 2. The van der Waals surface area contributed by atoms with Crippen LogP contribution >= 0.6 is 15.9 Å². The van der Waals surface area contributed by atoms with E-state index in [-0.39, 0.29) is 12.4 Å². The number of carbonyl (C=O) groups is 2. The molecule has 0 bridgehead atoms. The van der Waals surface area contributed by atoms with Gasteiger partial charge in [0.1, 0.15) is 12.4 Å². The van der Waals surface area contributed by atoms with Crippen LogP contribution in [0, 0.1) is 12.7 Å². The van der Waals surface area contributed by atoms with Crippen molar-refractivity contribution in [3.63, 3.8) is 0 Å². The Labute approximate surface area is 198 Å². The number of methoxy groups -OCH3 is 1. The number of hydrogen-bond acceptors (Lipinski definition) is 5. The summed E-state index contributed by atoms with van der Waals surface area (Å²) in [5.41, 5.74) is 4.69. The highest BCUT2D eigenvalue weighted by molar-refractivity contribution is 9.10. The van der Waals surface area contributed by atoms with Crippen LogP contribution in [0.3, 0.4) is 0 Å². The fourth-order valence-corrected chi connectivity index (χ4v) is 3.33. The van der Waals surface area contributed by atoms with Crippen LogP contribution in [-0.4, -0.2) is 25.1 Å². The molecule has 0 aliphatic carbocycles. The number of aryl methyl sites for hydroxylation is 1. The molecule has 3 rings (SSSR count). The zero-order valence-corrected chi connectivity index (χ0v) is 19.5. The summed E-state index contributed by atoms with van der Waals surface area (Å²) in [6.45, 7) is 1.93. The molecule has 0 unspecified atom stereocenters. The molecule has 0 aromatic heterocycles. The Morgan fingerprint density at radius 1 is 1.09 bits per heavy atom. The van der Waals surface area contributed by atoms with E-state index in [1.54, 1.807) is 42.5 Å². The van der Waals surface area contributed by atoms with Gasteiger partial charge in [0.05, 0.1) is 17.8 Å². The van der Waals surface area contributed by atoms with Crippen LogP contribution in [0.4, 0.5) is 10.1 Å². The number of hydrogen-bond donors (Lipinski definition) is 2. The van der Waals surface area contributed by atoms with Gasteiger partial charge in [0, 0.05) is 11.3 Å². The molecular formula is C24H21BrFN3O4. The molecule has 3 aromatic rings. The molecule has 0 heterocycles. The number of nitrogens with zero attached hydrogens (tertiary/aromatic N) is 1. The lowest BCUT2D eigenvalue weighted by atomic mass is 10.2. The molecule has 0 aliphatic rings. The van der Waals surface area contributed by atoms with E-state index in [0.717, 1.165) is 5.56 Å². The standard InChI is InChI=1S/C24H21BrFN3O4/c1-15-7-9-18(10-8-15)28-23(30)24(31)29-27-13-16-11-19(25)22(21(12-16)32-2)33-14-17-5-3-4-6-20(17)26/h3-13H,14H2,1-2H3,(H,28,30)(H,29,31)/b27-13+. The molecule has 0 radical (unpaired) electrons. The summed E-state index contributed by atoms with van der Waals surface area (Å²) in [6, 6.07) is 16.7. The molecule has 0 fully saturated rings. The number of ether oxygens (including phenoxy) is 2. The van der Waals surface area contributed by atoms with Gasteiger partial charge >= 0.3 is 11.8 Å². The van der Waals surface area contributed by atoms with Crippen molar-refractivity contribution in [3.05, 3.63) is 87.6 Å². The van der Waals surface area contributed by atoms with Crippen LogP contribution in [0.2, 0.25) is 0 Å². The molecule has 170 valence electrons. The number of hydrazone groups is 1. The van der Waals surface area contributed by atoms with E-state index in [0.29, 0.717) is 32.8 Å². The van der Waals surface area contributed by atoms with Crippen molar-refractivity contribution >= 4 is 39.6 Å². The van der Waals surface area contributed by atoms with E-state index < -0.39 is 11.8 Å². The minimum Gasteiger partial charge on any atom is -0.493 e. The first-order chi connectivity index (χ1) is 15.9. The number of anilines is 1. The SMILES string of the molecule is COc1cc(/C=N/NC(=O)C(=O)Nc2ccc(C)cc2)cc(Br)c1OCc1ccccc1F. The van der Waals surface area contributed by atoms with Crippen LogP contribution in [0.1, 0.15) is 16.7 Å². The van der Waals surface area contributed by atoms with E-state index in [1.807, 2.05) is 19.1 Å². The van der Waals surface area contributed by atoms with E-state index >= 15 is 0 Å². The molecule has 7 nitrogen and oxygen atoms in total. The monoisotopic (exact) mass is 513 g/mol. The van der Waals surface area contributed by atoms with Crippen molar-refractivity contribution < 1.29 is 23.5 Å². The first-order valence-corrected chi connectivity index (χ1v) is 10.6. The highest BCUT2D eigenvalue weighted by Gasteiger charge is 2.14. The van der Waals surface area contributed by atoms with Gasteiger partial charge in [-0.2, -0.15) is 5.10 Å². The summed E-state index contributed by atoms with van der Waals surface area (Å²) in [5.74, 6) is -1.35. The van der Waals surface area contributed by atoms with Crippen molar-refractivity contribution in [1.29, 1.82) is 0 Å². The Kier molecular flexibility index (Phi) is 8.15. The van der Waals surface area contributed by atoms with E-state index in [9.17, 15) is 14.0 Å². The third-order valence-electron chi connectivity index (χ3n) is 4.48. The summed E-state index contributed by atoms with van der Waals surface area (Å²) >= 11 is 3.41. The number of benzene rings is 3. The van der Waals surface area contributed by atoms with Crippen molar-refractivity contribution in [1.82, 2.24) is 5.43 Å². The van der Waals surface area contributed by atoms with E-state index in [4.69, 9.17) is 9.47 Å². The Bertz CT molecular complexity index is 1180. The van der Waals surface area contributed by atoms with Crippen LogP contribution in [0.15, 0.2) is 70.2 Å². The Morgan fingerprint density at radius 2 is 1.82 bits per heavy atom. The molecule has 33 heavy (non-hydrogen) atoms. The van der Waals surface area contributed by atoms with Crippen molar-refractivity contribution in [3.8, 4) is 11.5 Å². The Morgan fingerprint density at radius 3 is 2.52 bits per heavy atom. The molecule has 2 amide bonds. The summed E-state index contributed by atoms with van der Waals surface area (Å²) < 4.78 is 25.5. The topological polar surface area (TPSA) is 89.0 Å². The first kappa shape index (κ1) is 23.9.